The Hall–Kier alpha value is -1.65. The smallest absolute Gasteiger partial charge is 0.319 e. The van der Waals surface area contributed by atoms with Gasteiger partial charge in [-0.1, -0.05) is 19.8 Å². The van der Waals surface area contributed by atoms with E-state index in [1.807, 2.05) is 0 Å². The van der Waals surface area contributed by atoms with Crippen LogP contribution in [0.25, 0.3) is 0 Å². The Morgan fingerprint density at radius 1 is 1.26 bits per heavy atom. The van der Waals surface area contributed by atoms with Crippen LogP contribution in [0.5, 0.6) is 0 Å². The summed E-state index contributed by atoms with van der Waals surface area (Å²) in [5, 5.41) is 5.26. The van der Waals surface area contributed by atoms with E-state index in [1.54, 1.807) is 0 Å². The molecule has 0 radical (unpaired) electrons. The van der Waals surface area contributed by atoms with E-state index in [0.717, 1.165) is 31.4 Å². The third kappa shape index (κ3) is 3.66. The van der Waals surface area contributed by atoms with Crippen molar-refractivity contribution in [3.05, 3.63) is 29.8 Å². The summed E-state index contributed by atoms with van der Waals surface area (Å²) in [7, 11) is 0. The molecule has 0 spiro atoms. The molecule has 3 nitrogen and oxygen atoms in total. The van der Waals surface area contributed by atoms with Crippen molar-refractivity contribution in [2.45, 2.75) is 38.6 Å². The summed E-state index contributed by atoms with van der Waals surface area (Å²) in [6.45, 7) is 2.10. The molecular weight excluding hydrogens is 250 g/mol. The predicted octanol–water partition coefficient (Wildman–Crippen LogP) is 3.67. The number of carbonyl (C=O) groups excluding carboxylic acids is 1. The number of benzene rings is 1. The van der Waals surface area contributed by atoms with E-state index in [2.05, 4.69) is 17.6 Å². The van der Waals surface area contributed by atoms with E-state index in [1.165, 1.54) is 12.5 Å². The summed E-state index contributed by atoms with van der Waals surface area (Å²) in [4.78, 5) is 11.8. The molecule has 1 aliphatic carbocycles. The molecule has 19 heavy (non-hydrogen) atoms. The van der Waals surface area contributed by atoms with Crippen LogP contribution < -0.4 is 10.6 Å². The van der Waals surface area contributed by atoms with Gasteiger partial charge in [0.2, 0.25) is 0 Å². The van der Waals surface area contributed by atoms with Crippen LogP contribution in [-0.2, 0) is 0 Å². The molecule has 0 saturated heterocycles. The van der Waals surface area contributed by atoms with Crippen molar-refractivity contribution in [1.29, 1.82) is 0 Å². The first-order chi connectivity index (χ1) is 9.06. The minimum atomic E-state index is -0.771. The maximum atomic E-state index is 13.4. The molecule has 0 heterocycles. The summed E-state index contributed by atoms with van der Waals surface area (Å²) >= 11 is 0. The number of urea groups is 1. The van der Waals surface area contributed by atoms with Crippen molar-refractivity contribution in [2.24, 2.45) is 5.92 Å². The Morgan fingerprint density at radius 3 is 2.68 bits per heavy atom. The van der Waals surface area contributed by atoms with E-state index in [9.17, 15) is 13.6 Å². The zero-order valence-electron chi connectivity index (χ0n) is 10.9. The minimum Gasteiger partial charge on any atom is -0.335 e. The lowest BCUT2D eigenvalue weighted by Crippen LogP contribution is -2.43. The molecule has 1 aliphatic rings. The number of hydrogen-bond acceptors (Lipinski definition) is 1. The summed E-state index contributed by atoms with van der Waals surface area (Å²) in [6, 6.07) is 2.76. The zero-order valence-corrected chi connectivity index (χ0v) is 10.9. The highest BCUT2D eigenvalue weighted by Gasteiger charge is 2.23. The molecule has 1 fully saturated rings. The van der Waals surface area contributed by atoms with E-state index >= 15 is 0 Å². The maximum absolute atomic E-state index is 13.4. The third-order valence-electron chi connectivity index (χ3n) is 3.61. The van der Waals surface area contributed by atoms with Crippen molar-refractivity contribution in [1.82, 2.24) is 5.32 Å². The number of halogens is 2. The molecule has 2 N–H and O–H groups in total. The third-order valence-corrected chi connectivity index (χ3v) is 3.61. The quantitative estimate of drug-likeness (QED) is 0.844. The highest BCUT2D eigenvalue weighted by molar-refractivity contribution is 5.89. The van der Waals surface area contributed by atoms with E-state index in [4.69, 9.17) is 0 Å². The number of anilines is 1. The second-order valence-electron chi connectivity index (χ2n) is 5.09. The zero-order chi connectivity index (χ0) is 13.8. The summed E-state index contributed by atoms with van der Waals surface area (Å²) in [5.74, 6) is -1.01. The van der Waals surface area contributed by atoms with Gasteiger partial charge in [0.05, 0.1) is 5.69 Å². The molecule has 2 atom stereocenters. The Balaban J connectivity index is 1.93. The molecule has 2 amide bonds. The number of hydrogen-bond donors (Lipinski definition) is 2. The van der Waals surface area contributed by atoms with Crippen LogP contribution in [0.3, 0.4) is 0 Å². The van der Waals surface area contributed by atoms with Gasteiger partial charge >= 0.3 is 6.03 Å². The van der Waals surface area contributed by atoms with Crippen LogP contribution >= 0.6 is 0 Å². The molecule has 1 saturated carbocycles. The second kappa shape index (κ2) is 5.99. The normalized spacial score (nSPS) is 22.9. The Labute approximate surface area is 111 Å². The van der Waals surface area contributed by atoms with E-state index in [0.29, 0.717) is 5.92 Å². The van der Waals surface area contributed by atoms with Gasteiger partial charge in [0.25, 0.3) is 0 Å². The van der Waals surface area contributed by atoms with Gasteiger partial charge in [0.15, 0.2) is 0 Å². The Kier molecular flexibility index (Phi) is 4.35. The molecule has 104 valence electrons. The molecule has 1 aromatic carbocycles. The molecule has 0 unspecified atom stereocenters. The fourth-order valence-corrected chi connectivity index (χ4v) is 2.45. The lowest BCUT2D eigenvalue weighted by molar-refractivity contribution is 0.232. The van der Waals surface area contributed by atoms with Crippen LogP contribution in [0.2, 0.25) is 0 Å². The van der Waals surface area contributed by atoms with Gasteiger partial charge in [0.1, 0.15) is 11.6 Å². The largest absolute Gasteiger partial charge is 0.335 e. The molecule has 0 bridgehead atoms. The number of nitrogens with one attached hydrogen (secondary N) is 2. The lowest BCUT2D eigenvalue weighted by atomic mass is 9.86. The Bertz CT molecular complexity index is 465. The standard InChI is InChI=1S/C14H18F2N2O/c1-9-4-2-3-5-12(9)17-14(19)18-13-7-6-10(15)8-11(13)16/h6-9,12H,2-5H2,1H3,(H2,17,18,19)/t9-,12+/m0/s1. The van der Waals surface area contributed by atoms with Gasteiger partial charge in [-0.25, -0.2) is 13.6 Å². The molecule has 0 aromatic heterocycles. The molecular formula is C14H18F2N2O. The molecule has 0 aliphatic heterocycles. The lowest BCUT2D eigenvalue weighted by Gasteiger charge is -2.29. The van der Waals surface area contributed by atoms with E-state index < -0.39 is 17.7 Å². The van der Waals surface area contributed by atoms with Crippen LogP contribution in [0.15, 0.2) is 18.2 Å². The molecule has 2 rings (SSSR count). The molecule has 5 heteroatoms. The van der Waals surface area contributed by atoms with Crippen molar-refractivity contribution >= 4 is 11.7 Å². The van der Waals surface area contributed by atoms with Gasteiger partial charge in [-0.3, -0.25) is 0 Å². The van der Waals surface area contributed by atoms with Crippen LogP contribution in [0.1, 0.15) is 32.6 Å². The first-order valence-electron chi connectivity index (χ1n) is 6.59. The van der Waals surface area contributed by atoms with E-state index in [-0.39, 0.29) is 11.7 Å². The van der Waals surface area contributed by atoms with Gasteiger partial charge in [-0.15, -0.1) is 0 Å². The fourth-order valence-electron chi connectivity index (χ4n) is 2.45. The summed E-state index contributed by atoms with van der Waals surface area (Å²) in [6.07, 6.45) is 4.32. The van der Waals surface area contributed by atoms with Gasteiger partial charge < -0.3 is 10.6 Å². The molecule has 1 aromatic rings. The average molecular weight is 268 g/mol. The average Bonchev–Trinajstić information content (AvgIpc) is 2.36. The number of rotatable bonds is 2. The van der Waals surface area contributed by atoms with Gasteiger partial charge in [0, 0.05) is 12.1 Å². The summed E-state index contributed by atoms with van der Waals surface area (Å²) < 4.78 is 26.1. The first kappa shape index (κ1) is 13.8. The van der Waals surface area contributed by atoms with Gasteiger partial charge in [-0.05, 0) is 30.9 Å². The SMILES string of the molecule is C[C@H]1CCCC[C@H]1NC(=O)Nc1ccc(F)cc1F. The topological polar surface area (TPSA) is 41.1 Å². The Morgan fingerprint density at radius 2 is 2.00 bits per heavy atom. The fraction of sp³-hybridized carbons (Fsp3) is 0.500. The van der Waals surface area contributed by atoms with Crippen LogP contribution in [0.4, 0.5) is 19.3 Å². The monoisotopic (exact) mass is 268 g/mol. The van der Waals surface area contributed by atoms with Crippen LogP contribution in [-0.4, -0.2) is 12.1 Å². The summed E-state index contributed by atoms with van der Waals surface area (Å²) in [5.41, 5.74) is -0.0117. The second-order valence-corrected chi connectivity index (χ2v) is 5.09. The van der Waals surface area contributed by atoms with Gasteiger partial charge in [-0.2, -0.15) is 0 Å². The first-order valence-corrected chi connectivity index (χ1v) is 6.59. The number of carbonyl (C=O) groups is 1. The van der Waals surface area contributed by atoms with Crippen molar-refractivity contribution in [3.8, 4) is 0 Å². The highest BCUT2D eigenvalue weighted by atomic mass is 19.1. The van der Waals surface area contributed by atoms with Crippen LogP contribution in [0, 0.1) is 17.6 Å². The van der Waals surface area contributed by atoms with Crippen molar-refractivity contribution in [3.63, 3.8) is 0 Å². The minimum absolute atomic E-state index is 0.0117. The predicted molar refractivity (Wildman–Crippen MR) is 69.9 cm³/mol. The highest BCUT2D eigenvalue weighted by Crippen LogP contribution is 2.24. The number of amides is 2. The van der Waals surface area contributed by atoms with Crippen molar-refractivity contribution < 1.29 is 13.6 Å². The maximum Gasteiger partial charge on any atom is 0.319 e. The van der Waals surface area contributed by atoms with Crippen molar-refractivity contribution in [2.75, 3.05) is 5.32 Å².